The van der Waals surface area contributed by atoms with Gasteiger partial charge in [-0.1, -0.05) is 6.07 Å². The van der Waals surface area contributed by atoms with Crippen LogP contribution >= 0.6 is 11.3 Å². The Hall–Kier alpha value is -2.48. The Labute approximate surface area is 117 Å². The molecule has 0 atom stereocenters. The van der Waals surface area contributed by atoms with Gasteiger partial charge in [0, 0.05) is 11.6 Å². The summed E-state index contributed by atoms with van der Waals surface area (Å²) < 4.78 is 13.6. The first-order valence-electron chi connectivity index (χ1n) is 5.53. The summed E-state index contributed by atoms with van der Waals surface area (Å²) in [5, 5.41) is 16.0. The maximum absolute atomic E-state index is 13.6. The van der Waals surface area contributed by atoms with E-state index in [2.05, 4.69) is 15.6 Å². The van der Waals surface area contributed by atoms with Crippen molar-refractivity contribution >= 4 is 29.0 Å². The van der Waals surface area contributed by atoms with E-state index in [-0.39, 0.29) is 17.8 Å². The number of carboxylic acids is 1. The number of hydrogen-bond acceptors (Lipinski definition) is 4. The molecular formula is C12H10FN3O3S. The molecule has 0 aliphatic heterocycles. The molecule has 8 heteroatoms. The van der Waals surface area contributed by atoms with Crippen molar-refractivity contribution in [2.24, 2.45) is 0 Å². The molecule has 2 aromatic rings. The Morgan fingerprint density at radius 1 is 1.40 bits per heavy atom. The normalized spacial score (nSPS) is 10.1. The average Bonchev–Trinajstić information content (AvgIpc) is 2.91. The second-order valence-corrected chi connectivity index (χ2v) is 4.68. The number of para-hydroxylation sites is 1. The van der Waals surface area contributed by atoms with Crippen LogP contribution in [0.1, 0.15) is 15.4 Å². The van der Waals surface area contributed by atoms with E-state index < -0.39 is 17.8 Å². The van der Waals surface area contributed by atoms with Gasteiger partial charge in [0.05, 0.1) is 17.8 Å². The third-order valence-electron chi connectivity index (χ3n) is 2.37. The highest BCUT2D eigenvalue weighted by Crippen LogP contribution is 2.19. The van der Waals surface area contributed by atoms with Crippen LogP contribution in [-0.4, -0.2) is 22.1 Å². The van der Waals surface area contributed by atoms with E-state index in [1.165, 1.54) is 23.5 Å². The number of aromatic carboxylic acids is 1. The van der Waals surface area contributed by atoms with Crippen LogP contribution in [0.3, 0.4) is 0 Å². The lowest BCUT2D eigenvalue weighted by Crippen LogP contribution is -2.29. The molecule has 3 N–H and O–H groups in total. The van der Waals surface area contributed by atoms with Crippen LogP contribution in [-0.2, 0) is 6.54 Å². The van der Waals surface area contributed by atoms with Crippen molar-refractivity contribution in [2.75, 3.05) is 5.32 Å². The van der Waals surface area contributed by atoms with Gasteiger partial charge in [-0.05, 0) is 12.1 Å². The predicted octanol–water partition coefficient (Wildman–Crippen LogP) is 2.30. The number of aromatic nitrogens is 1. The molecular weight excluding hydrogens is 285 g/mol. The van der Waals surface area contributed by atoms with Crippen molar-refractivity contribution in [3.05, 3.63) is 46.2 Å². The SMILES string of the molecule is O=C(NCc1nccs1)Nc1c(F)cccc1C(=O)O. The number of halogens is 1. The molecule has 2 amide bonds. The van der Waals surface area contributed by atoms with Crippen molar-refractivity contribution in [1.82, 2.24) is 10.3 Å². The van der Waals surface area contributed by atoms with Crippen LogP contribution in [0.15, 0.2) is 29.8 Å². The fourth-order valence-electron chi connectivity index (χ4n) is 1.48. The van der Waals surface area contributed by atoms with Gasteiger partial charge < -0.3 is 15.7 Å². The van der Waals surface area contributed by atoms with Crippen molar-refractivity contribution in [2.45, 2.75) is 6.54 Å². The molecule has 104 valence electrons. The molecule has 0 saturated heterocycles. The summed E-state index contributed by atoms with van der Waals surface area (Å²) in [6, 6.07) is 2.84. The van der Waals surface area contributed by atoms with Gasteiger partial charge in [-0.2, -0.15) is 0 Å². The first-order valence-corrected chi connectivity index (χ1v) is 6.41. The molecule has 0 spiro atoms. The average molecular weight is 295 g/mol. The van der Waals surface area contributed by atoms with Crippen LogP contribution < -0.4 is 10.6 Å². The maximum atomic E-state index is 13.6. The largest absolute Gasteiger partial charge is 0.478 e. The molecule has 0 bridgehead atoms. The summed E-state index contributed by atoms with van der Waals surface area (Å²) >= 11 is 1.36. The van der Waals surface area contributed by atoms with Gasteiger partial charge in [0.15, 0.2) is 0 Å². The maximum Gasteiger partial charge on any atom is 0.337 e. The molecule has 0 unspecified atom stereocenters. The van der Waals surface area contributed by atoms with E-state index in [0.717, 1.165) is 6.07 Å². The Bertz CT molecular complexity index is 631. The second-order valence-electron chi connectivity index (χ2n) is 3.70. The van der Waals surface area contributed by atoms with E-state index in [1.807, 2.05) is 0 Å². The Kier molecular flexibility index (Phi) is 4.26. The minimum absolute atomic E-state index is 0.181. The number of carboxylic acid groups (broad SMARTS) is 1. The molecule has 0 aliphatic rings. The molecule has 0 saturated carbocycles. The third-order valence-corrected chi connectivity index (χ3v) is 3.15. The third kappa shape index (κ3) is 3.29. The zero-order valence-electron chi connectivity index (χ0n) is 10.1. The summed E-state index contributed by atoms with van der Waals surface area (Å²) in [5.74, 6) is -2.13. The number of benzene rings is 1. The van der Waals surface area contributed by atoms with Gasteiger partial charge in [0.25, 0.3) is 0 Å². The molecule has 20 heavy (non-hydrogen) atoms. The lowest BCUT2D eigenvalue weighted by molar-refractivity contribution is 0.0697. The highest BCUT2D eigenvalue weighted by atomic mass is 32.1. The number of hydrogen-bond donors (Lipinski definition) is 3. The first kappa shape index (κ1) is 13.9. The number of nitrogens with one attached hydrogen (secondary N) is 2. The van der Waals surface area contributed by atoms with Crippen LogP contribution in [0.5, 0.6) is 0 Å². The van der Waals surface area contributed by atoms with Gasteiger partial charge in [0.1, 0.15) is 10.8 Å². The fraction of sp³-hybridized carbons (Fsp3) is 0.0833. The highest BCUT2D eigenvalue weighted by Gasteiger charge is 2.16. The van der Waals surface area contributed by atoms with Crippen LogP contribution in [0, 0.1) is 5.82 Å². The molecule has 6 nitrogen and oxygen atoms in total. The van der Waals surface area contributed by atoms with E-state index >= 15 is 0 Å². The molecule has 0 radical (unpaired) electrons. The number of amides is 2. The van der Waals surface area contributed by atoms with E-state index in [1.54, 1.807) is 11.6 Å². The van der Waals surface area contributed by atoms with Crippen LogP contribution in [0.4, 0.5) is 14.9 Å². The van der Waals surface area contributed by atoms with E-state index in [4.69, 9.17) is 5.11 Å². The minimum atomic E-state index is -1.32. The quantitative estimate of drug-likeness (QED) is 0.807. The highest BCUT2D eigenvalue weighted by molar-refractivity contribution is 7.09. The molecule has 0 aliphatic carbocycles. The topological polar surface area (TPSA) is 91.3 Å². The molecule has 1 aromatic carbocycles. The van der Waals surface area contributed by atoms with E-state index in [0.29, 0.717) is 5.01 Å². The number of carbonyl (C=O) groups is 2. The summed E-state index contributed by atoms with van der Waals surface area (Å²) in [6.07, 6.45) is 1.60. The summed E-state index contributed by atoms with van der Waals surface area (Å²) in [5.41, 5.74) is -0.675. The second kappa shape index (κ2) is 6.11. The standard InChI is InChI=1S/C12H10FN3O3S/c13-8-3-1-2-7(11(17)18)10(8)16-12(19)15-6-9-14-4-5-20-9/h1-5H,6H2,(H,17,18)(H2,15,16,19). The first-order chi connectivity index (χ1) is 9.58. The number of urea groups is 1. The van der Waals surface area contributed by atoms with Gasteiger partial charge in [-0.3, -0.25) is 0 Å². The Balaban J connectivity index is 2.06. The predicted molar refractivity (Wildman–Crippen MR) is 71.3 cm³/mol. The zero-order chi connectivity index (χ0) is 14.5. The number of thiazole rings is 1. The number of rotatable bonds is 4. The fourth-order valence-corrected chi connectivity index (χ4v) is 2.04. The van der Waals surface area contributed by atoms with Crippen molar-refractivity contribution in [3.63, 3.8) is 0 Å². The van der Waals surface area contributed by atoms with Gasteiger partial charge in [-0.15, -0.1) is 11.3 Å². The van der Waals surface area contributed by atoms with Crippen molar-refractivity contribution in [1.29, 1.82) is 0 Å². The molecule has 2 rings (SSSR count). The lowest BCUT2D eigenvalue weighted by atomic mass is 10.1. The van der Waals surface area contributed by atoms with Gasteiger partial charge >= 0.3 is 12.0 Å². The number of carbonyl (C=O) groups excluding carboxylic acids is 1. The van der Waals surface area contributed by atoms with Crippen LogP contribution in [0.25, 0.3) is 0 Å². The number of nitrogens with zero attached hydrogens (tertiary/aromatic N) is 1. The molecule has 0 fully saturated rings. The molecule has 1 aromatic heterocycles. The Morgan fingerprint density at radius 3 is 2.85 bits per heavy atom. The van der Waals surface area contributed by atoms with Crippen molar-refractivity contribution in [3.8, 4) is 0 Å². The smallest absolute Gasteiger partial charge is 0.337 e. The van der Waals surface area contributed by atoms with E-state index in [9.17, 15) is 14.0 Å². The monoisotopic (exact) mass is 295 g/mol. The minimum Gasteiger partial charge on any atom is -0.478 e. The lowest BCUT2D eigenvalue weighted by Gasteiger charge is -2.10. The van der Waals surface area contributed by atoms with Gasteiger partial charge in [-0.25, -0.2) is 19.0 Å². The Morgan fingerprint density at radius 2 is 2.20 bits per heavy atom. The summed E-state index contributed by atoms with van der Waals surface area (Å²) in [6.45, 7) is 0.181. The number of anilines is 1. The zero-order valence-corrected chi connectivity index (χ0v) is 10.9. The van der Waals surface area contributed by atoms with Crippen LogP contribution in [0.2, 0.25) is 0 Å². The molecule has 1 heterocycles. The van der Waals surface area contributed by atoms with Crippen molar-refractivity contribution < 1.29 is 19.1 Å². The van der Waals surface area contributed by atoms with Gasteiger partial charge in [0.2, 0.25) is 0 Å². The summed E-state index contributed by atoms with van der Waals surface area (Å²) in [7, 11) is 0. The summed E-state index contributed by atoms with van der Waals surface area (Å²) in [4.78, 5) is 26.5.